The van der Waals surface area contributed by atoms with Gasteiger partial charge in [-0.05, 0) is 48.9 Å². The lowest BCUT2D eigenvalue weighted by atomic mass is 10.2. The fourth-order valence-electron chi connectivity index (χ4n) is 2.66. The Balaban J connectivity index is 0.00000261. The molecule has 0 bridgehead atoms. The highest BCUT2D eigenvalue weighted by Gasteiger charge is 2.27. The molecule has 1 aliphatic rings. The summed E-state index contributed by atoms with van der Waals surface area (Å²) in [6, 6.07) is 12.6. The van der Waals surface area contributed by atoms with Gasteiger partial charge >= 0.3 is 0 Å². The number of carbonyl (C=O) groups is 1. The molecule has 3 N–H and O–H groups in total. The molecule has 2 aromatic rings. The minimum absolute atomic E-state index is 0. The van der Waals surface area contributed by atoms with E-state index in [1.807, 2.05) is 0 Å². The summed E-state index contributed by atoms with van der Waals surface area (Å²) in [6.07, 6.45) is 1.04. The van der Waals surface area contributed by atoms with Crippen molar-refractivity contribution in [2.24, 2.45) is 0 Å². The Labute approximate surface area is 164 Å². The van der Waals surface area contributed by atoms with Crippen LogP contribution >= 0.6 is 12.4 Å². The topological polar surface area (TPSA) is 105 Å². The minimum Gasteiger partial charge on any atom is -0.457 e. The van der Waals surface area contributed by atoms with E-state index in [9.17, 15) is 18.3 Å². The van der Waals surface area contributed by atoms with Gasteiger partial charge in [0.1, 0.15) is 11.5 Å². The number of aliphatic hydroxyl groups is 1. The summed E-state index contributed by atoms with van der Waals surface area (Å²) in [5.41, 5.74) is 0.607. The van der Waals surface area contributed by atoms with Gasteiger partial charge in [-0.2, -0.15) is 0 Å². The lowest BCUT2D eigenvalue weighted by Gasteiger charge is -2.12. The number of halogens is 1. The Hall–Kier alpha value is -2.13. The van der Waals surface area contributed by atoms with E-state index in [0.29, 0.717) is 30.2 Å². The molecule has 0 saturated carbocycles. The number of hydrogen-bond acceptors (Lipinski definition) is 6. The first kappa shape index (κ1) is 21.2. The van der Waals surface area contributed by atoms with Crippen LogP contribution in [0.25, 0.3) is 0 Å². The number of sulfone groups is 1. The van der Waals surface area contributed by atoms with E-state index in [0.717, 1.165) is 6.26 Å². The van der Waals surface area contributed by atoms with Crippen molar-refractivity contribution < 1.29 is 23.1 Å². The predicted molar refractivity (Wildman–Crippen MR) is 104 cm³/mol. The van der Waals surface area contributed by atoms with Crippen molar-refractivity contribution in [3.63, 3.8) is 0 Å². The lowest BCUT2D eigenvalue weighted by Crippen LogP contribution is -2.35. The van der Waals surface area contributed by atoms with Gasteiger partial charge in [0.15, 0.2) is 9.84 Å². The van der Waals surface area contributed by atoms with Crippen molar-refractivity contribution in [1.82, 2.24) is 5.32 Å². The molecular formula is C18H21ClN2O5S. The first-order valence-corrected chi connectivity index (χ1v) is 10.0. The number of aliphatic hydroxyl groups excluding tert-OH is 1. The van der Waals surface area contributed by atoms with Gasteiger partial charge in [0.2, 0.25) is 5.91 Å². The second-order valence-electron chi connectivity index (χ2n) is 6.21. The third-order valence-electron chi connectivity index (χ3n) is 4.02. The van der Waals surface area contributed by atoms with E-state index in [1.165, 1.54) is 12.1 Å². The van der Waals surface area contributed by atoms with Gasteiger partial charge in [-0.25, -0.2) is 8.42 Å². The van der Waals surface area contributed by atoms with E-state index >= 15 is 0 Å². The van der Waals surface area contributed by atoms with Crippen LogP contribution < -0.4 is 15.4 Å². The number of β-amino-alcohol motifs (C(OH)–C–C–N with tert-alkyl or cyclic N) is 1. The highest BCUT2D eigenvalue weighted by molar-refractivity contribution is 7.90. The van der Waals surface area contributed by atoms with Crippen molar-refractivity contribution >= 4 is 33.8 Å². The molecule has 2 aromatic carbocycles. The fourth-order valence-corrected chi connectivity index (χ4v) is 3.31. The highest BCUT2D eigenvalue weighted by Crippen LogP contribution is 2.25. The Kier molecular flexibility index (Phi) is 6.83. The molecular weight excluding hydrogens is 392 g/mol. The molecule has 2 unspecified atom stereocenters. The van der Waals surface area contributed by atoms with Gasteiger partial charge < -0.3 is 20.5 Å². The van der Waals surface area contributed by atoms with Crippen molar-refractivity contribution in [3.8, 4) is 11.5 Å². The zero-order valence-electron chi connectivity index (χ0n) is 14.6. The number of rotatable bonds is 5. The fraction of sp³-hybridized carbons (Fsp3) is 0.278. The molecule has 9 heteroatoms. The monoisotopic (exact) mass is 412 g/mol. The van der Waals surface area contributed by atoms with Crippen molar-refractivity contribution in [2.45, 2.75) is 23.5 Å². The van der Waals surface area contributed by atoms with Crippen LogP contribution in [0.1, 0.15) is 6.42 Å². The molecule has 2 atom stereocenters. The molecule has 0 spiro atoms. The third-order valence-corrected chi connectivity index (χ3v) is 5.13. The van der Waals surface area contributed by atoms with Crippen LogP contribution in [0.15, 0.2) is 53.4 Å². The zero-order valence-corrected chi connectivity index (χ0v) is 16.2. The van der Waals surface area contributed by atoms with Gasteiger partial charge in [0, 0.05) is 18.5 Å². The summed E-state index contributed by atoms with van der Waals surface area (Å²) in [5.74, 6) is 0.730. The Morgan fingerprint density at radius 3 is 2.48 bits per heavy atom. The zero-order chi connectivity index (χ0) is 18.7. The number of ether oxygens (including phenoxy) is 1. The average Bonchev–Trinajstić information content (AvgIpc) is 3.03. The number of amides is 1. The Morgan fingerprint density at radius 2 is 1.89 bits per heavy atom. The molecule has 0 aromatic heterocycles. The standard InChI is InChI=1S/C18H20N2O5S.ClH/c1-26(23,24)16-4-2-3-15(10-16)25-14-7-5-12(6-8-14)20-18(22)17-9-13(21)11-19-17;/h2-8,10,13,17,19,21H,9,11H2,1H3,(H,20,22);1H. The molecule has 146 valence electrons. The van der Waals surface area contributed by atoms with Crippen LogP contribution in [-0.4, -0.2) is 44.4 Å². The van der Waals surface area contributed by atoms with Crippen LogP contribution in [0.3, 0.4) is 0 Å². The maximum atomic E-state index is 12.1. The van der Waals surface area contributed by atoms with Crippen molar-refractivity contribution in [1.29, 1.82) is 0 Å². The van der Waals surface area contributed by atoms with E-state index in [-0.39, 0.29) is 23.2 Å². The van der Waals surface area contributed by atoms with Crippen LogP contribution in [0, 0.1) is 0 Å². The van der Waals surface area contributed by atoms with Gasteiger partial charge in [-0.15, -0.1) is 12.4 Å². The Morgan fingerprint density at radius 1 is 1.19 bits per heavy atom. The molecule has 0 radical (unpaired) electrons. The molecule has 0 aliphatic carbocycles. The first-order chi connectivity index (χ1) is 12.3. The maximum Gasteiger partial charge on any atom is 0.241 e. The third kappa shape index (κ3) is 5.67. The molecule has 27 heavy (non-hydrogen) atoms. The number of anilines is 1. The summed E-state index contributed by atoms with van der Waals surface area (Å²) in [4.78, 5) is 12.3. The number of nitrogens with one attached hydrogen (secondary N) is 2. The molecule has 3 rings (SSSR count). The molecule has 1 saturated heterocycles. The summed E-state index contributed by atoms with van der Waals surface area (Å²) in [7, 11) is -3.30. The van der Waals surface area contributed by atoms with E-state index < -0.39 is 22.0 Å². The van der Waals surface area contributed by atoms with Crippen molar-refractivity contribution in [3.05, 3.63) is 48.5 Å². The van der Waals surface area contributed by atoms with Crippen LogP contribution in [0.4, 0.5) is 5.69 Å². The molecule has 1 aliphatic heterocycles. The lowest BCUT2D eigenvalue weighted by molar-refractivity contribution is -0.117. The van der Waals surface area contributed by atoms with Crippen LogP contribution in [-0.2, 0) is 14.6 Å². The minimum atomic E-state index is -3.30. The molecule has 7 nitrogen and oxygen atoms in total. The summed E-state index contributed by atoms with van der Waals surface area (Å²) >= 11 is 0. The smallest absolute Gasteiger partial charge is 0.241 e. The largest absolute Gasteiger partial charge is 0.457 e. The van der Waals surface area contributed by atoms with Gasteiger partial charge in [-0.1, -0.05) is 6.07 Å². The van der Waals surface area contributed by atoms with E-state index in [4.69, 9.17) is 4.74 Å². The number of carbonyl (C=O) groups excluding carboxylic acids is 1. The summed E-state index contributed by atoms with van der Waals surface area (Å²) in [5, 5.41) is 15.2. The van der Waals surface area contributed by atoms with Gasteiger partial charge in [0.05, 0.1) is 17.0 Å². The maximum absolute atomic E-state index is 12.1. The second kappa shape index (κ2) is 8.71. The molecule has 1 amide bonds. The Bertz CT molecular complexity index is 902. The first-order valence-electron chi connectivity index (χ1n) is 8.11. The summed E-state index contributed by atoms with van der Waals surface area (Å²) in [6.45, 7) is 0.414. The summed E-state index contributed by atoms with van der Waals surface area (Å²) < 4.78 is 28.9. The molecule has 1 heterocycles. The average molecular weight is 413 g/mol. The van der Waals surface area contributed by atoms with Gasteiger partial charge in [0.25, 0.3) is 0 Å². The SMILES string of the molecule is CS(=O)(=O)c1cccc(Oc2ccc(NC(=O)C3CC(O)CN3)cc2)c1.Cl. The van der Waals surface area contributed by atoms with Crippen LogP contribution in [0.5, 0.6) is 11.5 Å². The van der Waals surface area contributed by atoms with E-state index in [1.54, 1.807) is 36.4 Å². The van der Waals surface area contributed by atoms with Crippen LogP contribution in [0.2, 0.25) is 0 Å². The normalized spacial score (nSPS) is 19.2. The number of benzene rings is 2. The van der Waals surface area contributed by atoms with Gasteiger partial charge in [-0.3, -0.25) is 4.79 Å². The number of hydrogen-bond donors (Lipinski definition) is 3. The predicted octanol–water partition coefficient (Wildman–Crippen LogP) is 1.97. The highest BCUT2D eigenvalue weighted by atomic mass is 35.5. The van der Waals surface area contributed by atoms with E-state index in [2.05, 4.69) is 10.6 Å². The molecule has 1 fully saturated rings. The quantitative estimate of drug-likeness (QED) is 0.693. The van der Waals surface area contributed by atoms with Crippen molar-refractivity contribution in [2.75, 3.05) is 18.1 Å². The second-order valence-corrected chi connectivity index (χ2v) is 8.23.